The van der Waals surface area contributed by atoms with Crippen molar-refractivity contribution >= 4 is 45.9 Å². The van der Waals surface area contributed by atoms with E-state index in [2.05, 4.69) is 10.3 Å². The van der Waals surface area contributed by atoms with Gasteiger partial charge in [0.1, 0.15) is 5.01 Å². The highest BCUT2D eigenvalue weighted by Gasteiger charge is 2.20. The minimum atomic E-state index is -0.380. The van der Waals surface area contributed by atoms with E-state index in [9.17, 15) is 9.59 Å². The van der Waals surface area contributed by atoms with Gasteiger partial charge in [-0.2, -0.15) is 11.3 Å². The van der Waals surface area contributed by atoms with Gasteiger partial charge in [-0.3, -0.25) is 9.59 Å². The normalized spacial score (nSPS) is 11.9. The molecular weight excluding hydrogens is 376 g/mol. The maximum Gasteiger partial charge on any atom is 0.307 e. The van der Waals surface area contributed by atoms with E-state index in [1.807, 2.05) is 39.7 Å². The molecule has 3 aromatic heterocycles. The minimum absolute atomic E-state index is 0.111. The first-order valence-electron chi connectivity index (χ1n) is 7.52. The summed E-state index contributed by atoms with van der Waals surface area (Å²) in [5.74, 6) is -0.517. The lowest BCUT2D eigenvalue weighted by Gasteiger charge is -2.16. The van der Waals surface area contributed by atoms with Crippen molar-refractivity contribution in [1.29, 1.82) is 0 Å². The number of thiophene rings is 2. The van der Waals surface area contributed by atoms with Crippen LogP contribution in [0.5, 0.6) is 0 Å². The molecule has 0 aliphatic rings. The molecule has 1 atom stereocenters. The molecule has 1 N–H and O–H groups in total. The number of thiazole rings is 1. The summed E-state index contributed by atoms with van der Waals surface area (Å²) in [5.41, 5.74) is 1.80. The van der Waals surface area contributed by atoms with Crippen molar-refractivity contribution in [2.24, 2.45) is 0 Å². The monoisotopic (exact) mass is 392 g/mol. The Morgan fingerprint density at radius 3 is 2.80 bits per heavy atom. The number of carbonyl (C=O) groups is 2. The zero-order valence-corrected chi connectivity index (χ0v) is 15.9. The SMILES string of the molecule is COC(=O)CC(NC(=O)Cc1csc(-c2ccsc2)n1)c1cccs1. The summed E-state index contributed by atoms with van der Waals surface area (Å²) in [6, 6.07) is 5.42. The number of rotatable bonds is 7. The standard InChI is InChI=1S/C17H16N2O3S3/c1-22-16(21)8-13(14-3-2-5-24-14)19-15(20)7-12-10-25-17(18-12)11-4-6-23-9-11/h2-6,9-10,13H,7-8H2,1H3,(H,19,20). The molecule has 1 amide bonds. The van der Waals surface area contributed by atoms with Crippen LogP contribution in [-0.4, -0.2) is 24.0 Å². The van der Waals surface area contributed by atoms with Crippen LogP contribution in [0, 0.1) is 0 Å². The molecule has 0 aliphatic heterocycles. The molecule has 1 unspecified atom stereocenters. The van der Waals surface area contributed by atoms with Crippen molar-refractivity contribution in [3.63, 3.8) is 0 Å². The van der Waals surface area contributed by atoms with Gasteiger partial charge in [-0.25, -0.2) is 4.98 Å². The van der Waals surface area contributed by atoms with E-state index in [0.29, 0.717) is 0 Å². The maximum absolute atomic E-state index is 12.4. The lowest BCUT2D eigenvalue weighted by Crippen LogP contribution is -2.31. The summed E-state index contributed by atoms with van der Waals surface area (Å²) >= 11 is 4.64. The van der Waals surface area contributed by atoms with E-state index in [1.54, 1.807) is 11.3 Å². The molecule has 0 bridgehead atoms. The van der Waals surface area contributed by atoms with Gasteiger partial charge in [-0.1, -0.05) is 6.07 Å². The highest BCUT2D eigenvalue weighted by atomic mass is 32.1. The molecule has 0 spiro atoms. The van der Waals surface area contributed by atoms with Crippen molar-refractivity contribution in [2.45, 2.75) is 18.9 Å². The van der Waals surface area contributed by atoms with E-state index < -0.39 is 0 Å². The third-order valence-corrected chi connectivity index (χ3v) is 6.09. The van der Waals surface area contributed by atoms with Crippen LogP contribution < -0.4 is 5.32 Å². The van der Waals surface area contributed by atoms with Gasteiger partial charge in [0.2, 0.25) is 5.91 Å². The summed E-state index contributed by atoms with van der Waals surface area (Å²) in [5, 5.41) is 11.7. The Balaban J connectivity index is 1.64. The predicted molar refractivity (Wildman–Crippen MR) is 101 cm³/mol. The third-order valence-electron chi connectivity index (χ3n) is 3.48. The fourth-order valence-electron chi connectivity index (χ4n) is 2.28. The van der Waals surface area contributed by atoms with Crippen LogP contribution in [0.4, 0.5) is 0 Å². The van der Waals surface area contributed by atoms with Gasteiger partial charge >= 0.3 is 5.97 Å². The summed E-state index contributed by atoms with van der Waals surface area (Å²) < 4.78 is 4.73. The van der Waals surface area contributed by atoms with Crippen LogP contribution in [0.3, 0.4) is 0 Å². The summed E-state index contributed by atoms with van der Waals surface area (Å²) in [7, 11) is 1.34. The second kappa shape index (κ2) is 8.37. The fourth-order valence-corrected chi connectivity index (χ4v) is 4.59. The zero-order chi connectivity index (χ0) is 17.6. The number of aromatic nitrogens is 1. The van der Waals surface area contributed by atoms with Crippen molar-refractivity contribution in [1.82, 2.24) is 10.3 Å². The maximum atomic E-state index is 12.4. The molecule has 0 fully saturated rings. The number of nitrogens with one attached hydrogen (secondary N) is 1. The molecule has 8 heteroatoms. The Hall–Kier alpha value is -2.03. The van der Waals surface area contributed by atoms with E-state index in [1.165, 1.54) is 29.8 Å². The Morgan fingerprint density at radius 1 is 1.24 bits per heavy atom. The predicted octanol–water partition coefficient (Wildman–Crippen LogP) is 3.90. The number of hydrogen-bond donors (Lipinski definition) is 1. The first-order valence-corrected chi connectivity index (χ1v) is 10.2. The van der Waals surface area contributed by atoms with Crippen molar-refractivity contribution in [3.05, 3.63) is 50.3 Å². The van der Waals surface area contributed by atoms with Gasteiger partial charge in [0.25, 0.3) is 0 Å². The molecule has 3 heterocycles. The molecule has 3 rings (SSSR count). The number of methoxy groups -OCH3 is 1. The van der Waals surface area contributed by atoms with Crippen LogP contribution in [0.25, 0.3) is 10.6 Å². The van der Waals surface area contributed by atoms with Crippen molar-refractivity contribution in [2.75, 3.05) is 7.11 Å². The fraction of sp³-hybridized carbons (Fsp3) is 0.235. The Labute approximate surface area is 157 Å². The number of nitrogens with zero attached hydrogens (tertiary/aromatic N) is 1. The van der Waals surface area contributed by atoms with E-state index in [-0.39, 0.29) is 30.8 Å². The van der Waals surface area contributed by atoms with Crippen LogP contribution in [0.2, 0.25) is 0 Å². The van der Waals surface area contributed by atoms with Gasteiger partial charge in [0.05, 0.1) is 31.7 Å². The highest BCUT2D eigenvalue weighted by Crippen LogP contribution is 2.26. The summed E-state index contributed by atoms with van der Waals surface area (Å²) in [6.07, 6.45) is 0.295. The number of amides is 1. The van der Waals surface area contributed by atoms with Crippen LogP contribution in [0.15, 0.2) is 39.7 Å². The molecular formula is C17H16N2O3S3. The van der Waals surface area contributed by atoms with Crippen LogP contribution >= 0.6 is 34.0 Å². The van der Waals surface area contributed by atoms with Crippen LogP contribution in [0.1, 0.15) is 23.0 Å². The second-order valence-electron chi connectivity index (χ2n) is 5.25. The lowest BCUT2D eigenvalue weighted by atomic mass is 10.1. The van der Waals surface area contributed by atoms with Crippen LogP contribution in [-0.2, 0) is 20.7 Å². The largest absolute Gasteiger partial charge is 0.469 e. The first kappa shape index (κ1) is 17.8. The number of esters is 1. The molecule has 0 aliphatic carbocycles. The smallest absolute Gasteiger partial charge is 0.307 e. The summed E-state index contributed by atoms with van der Waals surface area (Å²) in [6.45, 7) is 0. The van der Waals surface area contributed by atoms with Gasteiger partial charge in [-0.15, -0.1) is 22.7 Å². The average Bonchev–Trinajstić information content (AvgIpc) is 3.34. The molecule has 0 saturated carbocycles. The van der Waals surface area contributed by atoms with Gasteiger partial charge in [-0.05, 0) is 22.9 Å². The van der Waals surface area contributed by atoms with Gasteiger partial charge in [0.15, 0.2) is 0 Å². The Kier molecular flexibility index (Phi) is 5.95. The zero-order valence-electron chi connectivity index (χ0n) is 13.4. The van der Waals surface area contributed by atoms with Gasteiger partial charge < -0.3 is 10.1 Å². The molecule has 0 saturated heterocycles. The molecule has 3 aromatic rings. The van der Waals surface area contributed by atoms with Gasteiger partial charge in [0, 0.05) is 21.2 Å². The van der Waals surface area contributed by atoms with Crippen molar-refractivity contribution in [3.8, 4) is 10.6 Å². The highest BCUT2D eigenvalue weighted by molar-refractivity contribution is 7.14. The Bertz CT molecular complexity index is 825. The topological polar surface area (TPSA) is 68.3 Å². The molecule has 25 heavy (non-hydrogen) atoms. The molecule has 5 nitrogen and oxygen atoms in total. The first-order chi connectivity index (χ1) is 12.2. The summed E-state index contributed by atoms with van der Waals surface area (Å²) in [4.78, 5) is 29.4. The van der Waals surface area contributed by atoms with E-state index in [0.717, 1.165) is 21.1 Å². The molecule has 0 aromatic carbocycles. The lowest BCUT2D eigenvalue weighted by molar-refractivity contribution is -0.141. The molecule has 130 valence electrons. The van der Waals surface area contributed by atoms with E-state index in [4.69, 9.17) is 4.74 Å². The Morgan fingerprint density at radius 2 is 2.12 bits per heavy atom. The number of carbonyl (C=O) groups excluding carboxylic acids is 2. The van der Waals surface area contributed by atoms with E-state index >= 15 is 0 Å². The average molecular weight is 393 g/mol. The second-order valence-corrected chi connectivity index (χ2v) is 7.87. The van der Waals surface area contributed by atoms with Crippen molar-refractivity contribution < 1.29 is 14.3 Å². The molecule has 0 radical (unpaired) electrons. The quantitative estimate of drug-likeness (QED) is 0.619. The third kappa shape index (κ3) is 4.75. The number of ether oxygens (including phenoxy) is 1. The minimum Gasteiger partial charge on any atom is -0.469 e. The number of hydrogen-bond acceptors (Lipinski definition) is 7.